The predicted molar refractivity (Wildman–Crippen MR) is 203 cm³/mol. The first-order valence-corrected chi connectivity index (χ1v) is 16.1. The highest BCUT2D eigenvalue weighted by molar-refractivity contribution is 6.12. The van der Waals surface area contributed by atoms with Gasteiger partial charge in [-0.05, 0) is 24.2 Å². The summed E-state index contributed by atoms with van der Waals surface area (Å²) >= 11 is 0. The number of nitrogens with zero attached hydrogens (tertiary/aromatic N) is 4. The van der Waals surface area contributed by atoms with E-state index in [9.17, 15) is 1.37 Å². The summed E-state index contributed by atoms with van der Waals surface area (Å²) in [7, 11) is 0. The lowest BCUT2D eigenvalue weighted by atomic mass is 9.98. The van der Waals surface area contributed by atoms with Crippen LogP contribution in [-0.2, 0) is 0 Å². The van der Waals surface area contributed by atoms with Gasteiger partial charge in [-0.2, -0.15) is 0 Å². The summed E-state index contributed by atoms with van der Waals surface area (Å²) in [6, 6.07) is 38.2. The van der Waals surface area contributed by atoms with Crippen molar-refractivity contribution < 1.29 is 14.0 Å². The van der Waals surface area contributed by atoms with Gasteiger partial charge in [0.05, 0.1) is 26.3 Å². The minimum absolute atomic E-state index is 0.00199. The third-order valence-corrected chi connectivity index (χ3v) is 8.98. The average molecular weight is 648 g/mol. The molecule has 5 heteroatoms. The van der Waals surface area contributed by atoms with Crippen LogP contribution in [0.25, 0.3) is 94.7 Å². The van der Waals surface area contributed by atoms with E-state index in [1.165, 1.54) is 0 Å². The molecule has 0 N–H and O–H groups in total. The highest BCUT2D eigenvalue weighted by atomic mass is 16.3. The third-order valence-electron chi connectivity index (χ3n) is 8.98. The van der Waals surface area contributed by atoms with Crippen LogP contribution >= 0.6 is 0 Å². The first-order chi connectivity index (χ1) is 27.7. The number of aromatic nitrogens is 4. The first-order valence-electron chi connectivity index (χ1n) is 19.6. The molecule has 0 atom stereocenters. The minimum Gasteiger partial charge on any atom is -0.455 e. The van der Waals surface area contributed by atoms with E-state index in [0.29, 0.717) is 34.3 Å². The first kappa shape index (κ1) is 21.9. The van der Waals surface area contributed by atoms with Crippen LogP contribution in [0.4, 0.5) is 0 Å². The fourth-order valence-corrected chi connectivity index (χ4v) is 6.71. The van der Waals surface area contributed by atoms with E-state index >= 15 is 0 Å². The Balaban J connectivity index is 1.33. The lowest BCUT2D eigenvalue weighted by Gasteiger charge is -2.16. The van der Waals surface area contributed by atoms with E-state index in [1.807, 2.05) is 115 Å². The molecule has 0 fully saturated rings. The van der Waals surface area contributed by atoms with Crippen molar-refractivity contribution >= 4 is 43.7 Å². The van der Waals surface area contributed by atoms with E-state index in [-0.39, 0.29) is 45.6 Å². The summed E-state index contributed by atoms with van der Waals surface area (Å²) in [4.78, 5) is 14.8. The van der Waals surface area contributed by atoms with Crippen molar-refractivity contribution in [2.45, 2.75) is 0 Å². The second kappa shape index (κ2) is 11.4. The van der Waals surface area contributed by atoms with Gasteiger partial charge in [0.1, 0.15) is 11.2 Å². The zero-order chi connectivity index (χ0) is 39.1. The Kier molecular flexibility index (Phi) is 4.99. The predicted octanol–water partition coefficient (Wildman–Crippen LogP) is 11.5. The maximum Gasteiger partial charge on any atom is 0.164 e. The Labute approximate surface area is 297 Å². The Morgan fingerprint density at radius 1 is 0.460 bits per heavy atom. The lowest BCUT2D eigenvalue weighted by molar-refractivity contribution is 0.670. The van der Waals surface area contributed by atoms with Crippen LogP contribution in [0.1, 0.15) is 9.60 Å². The van der Waals surface area contributed by atoms with Gasteiger partial charge in [-0.15, -0.1) is 0 Å². The molecule has 0 spiro atoms. The summed E-state index contributed by atoms with van der Waals surface area (Å²) in [6.07, 6.45) is 0. The van der Waals surface area contributed by atoms with Gasteiger partial charge in [0.15, 0.2) is 17.5 Å². The molecule has 0 radical (unpaired) electrons. The molecule has 3 heterocycles. The molecule has 3 aromatic heterocycles. The molecular weight excluding hydrogens is 613 g/mol. The van der Waals surface area contributed by atoms with E-state index in [1.54, 1.807) is 0 Å². The Morgan fingerprint density at radius 2 is 1.02 bits per heavy atom. The van der Waals surface area contributed by atoms with Crippen LogP contribution in [0.5, 0.6) is 0 Å². The highest BCUT2D eigenvalue weighted by Crippen LogP contribution is 2.42. The number of benzene rings is 7. The molecule has 0 aliphatic carbocycles. The molecule has 0 aliphatic rings. The monoisotopic (exact) mass is 647 g/mol. The Morgan fingerprint density at radius 3 is 1.68 bits per heavy atom. The fourth-order valence-electron chi connectivity index (χ4n) is 6.71. The minimum atomic E-state index is -0.478. The van der Waals surface area contributed by atoms with Gasteiger partial charge in [0.25, 0.3) is 0 Å². The van der Waals surface area contributed by atoms with Gasteiger partial charge in [0.2, 0.25) is 0 Å². The van der Waals surface area contributed by atoms with Crippen molar-refractivity contribution in [3.05, 3.63) is 170 Å². The van der Waals surface area contributed by atoms with Crippen molar-refractivity contribution in [3.8, 4) is 51.0 Å². The summed E-state index contributed by atoms with van der Waals surface area (Å²) in [5.41, 5.74) is 5.15. The molecule has 5 nitrogen and oxygen atoms in total. The normalized spacial score (nSPS) is 13.6. The molecule has 0 saturated carbocycles. The van der Waals surface area contributed by atoms with Crippen LogP contribution in [-0.4, -0.2) is 19.5 Å². The largest absolute Gasteiger partial charge is 0.455 e. The molecular formula is C45H28N4O. The van der Waals surface area contributed by atoms with Crippen LogP contribution < -0.4 is 0 Å². The smallest absolute Gasteiger partial charge is 0.164 e. The number of hydrogen-bond acceptors (Lipinski definition) is 4. The Bertz CT molecular complexity index is 3160. The van der Waals surface area contributed by atoms with Crippen LogP contribution in [0, 0.1) is 0 Å². The molecule has 50 heavy (non-hydrogen) atoms. The molecule has 0 bridgehead atoms. The van der Waals surface area contributed by atoms with Crippen LogP contribution in [0.15, 0.2) is 174 Å². The Hall–Kier alpha value is -6.85. The summed E-state index contributed by atoms with van der Waals surface area (Å²) < 4.78 is 69.9. The number of hydrogen-bond donors (Lipinski definition) is 0. The average Bonchev–Trinajstić information content (AvgIpc) is 3.82. The van der Waals surface area contributed by atoms with Gasteiger partial charge in [0, 0.05) is 49.4 Å². The quantitative estimate of drug-likeness (QED) is 0.186. The lowest BCUT2D eigenvalue weighted by Crippen LogP contribution is -2.02. The van der Waals surface area contributed by atoms with Gasteiger partial charge in [-0.25, -0.2) is 15.0 Å². The molecule has 234 valence electrons. The zero-order valence-electron chi connectivity index (χ0n) is 33.3. The highest BCUT2D eigenvalue weighted by Gasteiger charge is 2.21. The maximum atomic E-state index is 9.36. The summed E-state index contributed by atoms with van der Waals surface area (Å²) in [6.45, 7) is 0. The SMILES string of the molecule is [2H]c1c([2H])c([2H])c2c(oc3c(-c4ccc(-c5nc(-c6ccccc6)nc(-c6ccccc6)n5)cc4-n4c5ccccc5c5ccccc54)c([2H])c([2H])c([2H])c32)c1[2H]. The van der Waals surface area contributed by atoms with Crippen LogP contribution in [0.2, 0.25) is 0 Å². The summed E-state index contributed by atoms with van der Waals surface area (Å²) in [5.74, 6) is 1.39. The second-order valence-corrected chi connectivity index (χ2v) is 11.9. The number of rotatable bonds is 5. The molecule has 0 saturated heterocycles. The number of furan rings is 1. The van der Waals surface area contributed by atoms with Crippen molar-refractivity contribution in [1.29, 1.82) is 0 Å². The number of para-hydroxylation sites is 4. The van der Waals surface area contributed by atoms with Crippen molar-refractivity contribution in [2.24, 2.45) is 0 Å². The van der Waals surface area contributed by atoms with Gasteiger partial charge >= 0.3 is 0 Å². The van der Waals surface area contributed by atoms with E-state index < -0.39 is 24.2 Å². The summed E-state index contributed by atoms with van der Waals surface area (Å²) in [5, 5.41) is 2.03. The topological polar surface area (TPSA) is 56.7 Å². The standard InChI is InChI=1S/C45H28N4O/c1-3-14-29(15-4-1)43-46-44(30-16-5-2-6-17-30)48-45(47-43)31-26-27-34(36-21-13-22-37-35-20-9-12-25-41(35)50-42(36)37)40(28-31)49-38-23-10-7-18-32(38)33-19-8-11-24-39(33)49/h1-28H/i9D,12D,13D,20D,21D,22D,25D. The molecule has 10 rings (SSSR count). The maximum absolute atomic E-state index is 9.36. The van der Waals surface area contributed by atoms with Crippen molar-refractivity contribution in [2.75, 3.05) is 0 Å². The third kappa shape index (κ3) is 4.52. The van der Waals surface area contributed by atoms with E-state index in [2.05, 4.69) is 16.7 Å². The molecule has 0 amide bonds. The van der Waals surface area contributed by atoms with Gasteiger partial charge < -0.3 is 8.98 Å². The van der Waals surface area contributed by atoms with E-state index in [0.717, 1.165) is 32.9 Å². The van der Waals surface area contributed by atoms with Crippen LogP contribution in [0.3, 0.4) is 0 Å². The van der Waals surface area contributed by atoms with Crippen molar-refractivity contribution in [1.82, 2.24) is 19.5 Å². The molecule has 0 aliphatic heterocycles. The van der Waals surface area contributed by atoms with Gasteiger partial charge in [-0.1, -0.05) is 145 Å². The van der Waals surface area contributed by atoms with Gasteiger partial charge in [-0.3, -0.25) is 0 Å². The van der Waals surface area contributed by atoms with Crippen molar-refractivity contribution in [3.63, 3.8) is 0 Å². The molecule has 7 aromatic carbocycles. The molecule has 10 aromatic rings. The zero-order valence-corrected chi connectivity index (χ0v) is 26.3. The van der Waals surface area contributed by atoms with E-state index in [4.69, 9.17) is 27.6 Å². The number of fused-ring (bicyclic) bond motifs is 6. The second-order valence-electron chi connectivity index (χ2n) is 11.9. The fraction of sp³-hybridized carbons (Fsp3) is 0. The molecule has 0 unspecified atom stereocenters.